The predicted octanol–water partition coefficient (Wildman–Crippen LogP) is 4.76. The highest BCUT2D eigenvalue weighted by Crippen LogP contribution is 2.52. The van der Waals surface area contributed by atoms with Crippen LogP contribution in [0, 0.1) is 0 Å². The minimum Gasteiger partial charge on any atom is -0.309 e. The second-order valence-corrected chi connectivity index (χ2v) is 7.77. The lowest BCUT2D eigenvalue weighted by Gasteiger charge is -2.39. The van der Waals surface area contributed by atoms with E-state index in [0.29, 0.717) is 12.2 Å². The molecule has 0 unspecified atom stereocenters. The third kappa shape index (κ3) is 2.91. The molecule has 0 aliphatic carbocycles. The molecule has 3 heteroatoms. The molecule has 24 heavy (non-hydrogen) atoms. The van der Waals surface area contributed by atoms with Crippen molar-refractivity contribution < 1.29 is 4.79 Å². The summed E-state index contributed by atoms with van der Waals surface area (Å²) in [5.41, 5.74) is 1.89. The van der Waals surface area contributed by atoms with E-state index in [1.165, 1.54) is 20.9 Å². The first-order valence-electron chi connectivity index (χ1n) is 8.64. The Bertz CT molecular complexity index is 693. The molecule has 0 radical (unpaired) electrons. The number of carbonyl (C=O) groups excluding carboxylic acids is 1. The van der Waals surface area contributed by atoms with Gasteiger partial charge in [-0.25, -0.2) is 0 Å². The van der Waals surface area contributed by atoms with Crippen LogP contribution in [0.5, 0.6) is 0 Å². The Labute approximate surface area is 149 Å². The number of rotatable bonds is 6. The van der Waals surface area contributed by atoms with Crippen molar-refractivity contribution in [3.8, 4) is 0 Å². The first-order chi connectivity index (χ1) is 11.6. The lowest BCUT2D eigenvalue weighted by Crippen LogP contribution is -2.40. The van der Waals surface area contributed by atoms with Crippen LogP contribution in [0.4, 0.5) is 0 Å². The fraction of sp³-hybridized carbons (Fsp3) is 0.381. The van der Waals surface area contributed by atoms with Gasteiger partial charge in [0.2, 0.25) is 0 Å². The van der Waals surface area contributed by atoms with Gasteiger partial charge in [0.05, 0.1) is 5.41 Å². The second-order valence-electron chi connectivity index (χ2n) is 6.68. The Kier molecular flexibility index (Phi) is 5.12. The number of carbonyl (C=O) groups is 1. The van der Waals surface area contributed by atoms with Crippen LogP contribution in [0.2, 0.25) is 0 Å². The van der Waals surface area contributed by atoms with Gasteiger partial charge < -0.3 is 4.90 Å². The largest absolute Gasteiger partial charge is 0.309 e. The molecule has 0 saturated carbocycles. The van der Waals surface area contributed by atoms with Crippen molar-refractivity contribution in [2.75, 3.05) is 20.6 Å². The van der Waals surface area contributed by atoms with Gasteiger partial charge in [0, 0.05) is 16.2 Å². The second kappa shape index (κ2) is 7.12. The van der Waals surface area contributed by atoms with Crippen molar-refractivity contribution in [2.24, 2.45) is 0 Å². The number of Topliss-reactive ketones (excluding diaryl/α,β-unsaturated/α-hetero) is 1. The zero-order valence-electron chi connectivity index (χ0n) is 14.7. The Morgan fingerprint density at radius 2 is 1.54 bits per heavy atom. The smallest absolute Gasteiger partial charge is 0.147 e. The summed E-state index contributed by atoms with van der Waals surface area (Å²) in [4.78, 5) is 17.9. The van der Waals surface area contributed by atoms with Crippen LogP contribution in [0.1, 0.15) is 37.3 Å². The Balaban J connectivity index is 2.16. The lowest BCUT2D eigenvalue weighted by atomic mass is 9.67. The van der Waals surface area contributed by atoms with Crippen molar-refractivity contribution in [2.45, 2.75) is 41.4 Å². The van der Waals surface area contributed by atoms with Crippen LogP contribution in [0.3, 0.4) is 0 Å². The van der Waals surface area contributed by atoms with Gasteiger partial charge in [0.25, 0.3) is 0 Å². The van der Waals surface area contributed by atoms with E-state index in [0.717, 1.165) is 19.4 Å². The number of ketones is 1. The summed E-state index contributed by atoms with van der Waals surface area (Å²) >= 11 is 1.79. The highest BCUT2D eigenvalue weighted by atomic mass is 32.2. The minimum absolute atomic E-state index is 0.335. The van der Waals surface area contributed by atoms with E-state index in [-0.39, 0.29) is 0 Å². The first kappa shape index (κ1) is 17.2. The van der Waals surface area contributed by atoms with Gasteiger partial charge in [-0.15, -0.1) is 0 Å². The summed E-state index contributed by atoms with van der Waals surface area (Å²) in [7, 11) is 4.18. The van der Waals surface area contributed by atoms with Crippen molar-refractivity contribution in [1.82, 2.24) is 4.90 Å². The summed E-state index contributed by atoms with van der Waals surface area (Å²) in [6.07, 6.45) is 2.44. The number of fused-ring (bicyclic) bond motifs is 2. The molecule has 2 aromatic carbocycles. The monoisotopic (exact) mass is 339 g/mol. The van der Waals surface area contributed by atoms with Crippen LogP contribution < -0.4 is 0 Å². The van der Waals surface area contributed by atoms with Crippen LogP contribution >= 0.6 is 11.8 Å². The Hall–Kier alpha value is -1.58. The van der Waals surface area contributed by atoms with Gasteiger partial charge >= 0.3 is 0 Å². The normalized spacial score (nSPS) is 15.0. The molecule has 0 spiro atoms. The minimum atomic E-state index is -0.497. The van der Waals surface area contributed by atoms with Crippen molar-refractivity contribution >= 4 is 17.5 Å². The maximum Gasteiger partial charge on any atom is 0.147 e. The number of hydrogen-bond acceptors (Lipinski definition) is 3. The molecule has 3 rings (SSSR count). The molecule has 1 heterocycles. The molecule has 0 aromatic heterocycles. The molecule has 0 atom stereocenters. The molecule has 126 valence electrons. The summed E-state index contributed by atoms with van der Waals surface area (Å²) in [5, 5.41) is 0. The van der Waals surface area contributed by atoms with E-state index in [4.69, 9.17) is 0 Å². The van der Waals surface area contributed by atoms with Crippen LogP contribution in [-0.4, -0.2) is 31.3 Å². The summed E-state index contributed by atoms with van der Waals surface area (Å²) in [6, 6.07) is 16.9. The molecular formula is C21H25NOS. The zero-order valence-corrected chi connectivity index (χ0v) is 15.5. The van der Waals surface area contributed by atoms with Crippen LogP contribution in [0.15, 0.2) is 58.3 Å². The fourth-order valence-corrected chi connectivity index (χ4v) is 4.99. The third-order valence-corrected chi connectivity index (χ3v) is 6.02. The van der Waals surface area contributed by atoms with E-state index in [1.807, 2.05) is 6.92 Å². The van der Waals surface area contributed by atoms with Crippen LogP contribution in [-0.2, 0) is 10.2 Å². The van der Waals surface area contributed by atoms with Crippen molar-refractivity contribution in [3.05, 3.63) is 59.7 Å². The van der Waals surface area contributed by atoms with Gasteiger partial charge in [-0.05, 0) is 56.7 Å². The molecule has 2 nitrogen and oxygen atoms in total. The summed E-state index contributed by atoms with van der Waals surface area (Å²) in [5.74, 6) is 0.335. The van der Waals surface area contributed by atoms with Crippen molar-refractivity contribution in [3.63, 3.8) is 0 Å². The van der Waals surface area contributed by atoms with E-state index < -0.39 is 5.41 Å². The molecule has 0 bridgehead atoms. The molecule has 1 aliphatic rings. The average molecular weight is 340 g/mol. The molecule has 0 saturated heterocycles. The van der Waals surface area contributed by atoms with E-state index in [1.54, 1.807) is 11.8 Å². The lowest BCUT2D eigenvalue weighted by molar-refractivity contribution is -0.123. The van der Waals surface area contributed by atoms with Crippen molar-refractivity contribution in [1.29, 1.82) is 0 Å². The summed E-state index contributed by atoms with van der Waals surface area (Å²) < 4.78 is 0. The third-order valence-electron chi connectivity index (χ3n) is 4.87. The van der Waals surface area contributed by atoms with Gasteiger partial charge in [0.1, 0.15) is 5.78 Å². The average Bonchev–Trinajstić information content (AvgIpc) is 2.60. The van der Waals surface area contributed by atoms with Crippen LogP contribution in [0.25, 0.3) is 0 Å². The van der Waals surface area contributed by atoms with E-state index in [2.05, 4.69) is 67.5 Å². The molecular weight excluding hydrogens is 314 g/mol. The van der Waals surface area contributed by atoms with Gasteiger partial charge in [0.15, 0.2) is 0 Å². The van der Waals surface area contributed by atoms with Gasteiger partial charge in [-0.1, -0.05) is 55.1 Å². The maximum absolute atomic E-state index is 13.3. The predicted molar refractivity (Wildman–Crippen MR) is 101 cm³/mol. The standard InChI is InChI=1S/C21H25NOS/c1-4-20(23)21(14-9-15-22(2)3)16-10-5-7-12-18(16)24-19-13-8-6-11-17(19)21/h5-8,10-13H,4,9,14-15H2,1-3H3. The Morgan fingerprint density at radius 3 is 2.04 bits per heavy atom. The molecule has 2 aromatic rings. The fourth-order valence-electron chi connectivity index (χ4n) is 3.75. The van der Waals surface area contributed by atoms with E-state index >= 15 is 0 Å². The number of hydrogen-bond donors (Lipinski definition) is 0. The molecule has 0 amide bonds. The number of nitrogens with zero attached hydrogens (tertiary/aromatic N) is 1. The maximum atomic E-state index is 13.3. The quantitative estimate of drug-likeness (QED) is 0.757. The highest BCUT2D eigenvalue weighted by Gasteiger charge is 2.45. The zero-order chi connectivity index (χ0) is 17.2. The van der Waals surface area contributed by atoms with Gasteiger partial charge in [-0.3, -0.25) is 4.79 Å². The highest BCUT2D eigenvalue weighted by molar-refractivity contribution is 7.99. The topological polar surface area (TPSA) is 20.3 Å². The molecule has 1 aliphatic heterocycles. The van der Waals surface area contributed by atoms with Gasteiger partial charge in [-0.2, -0.15) is 0 Å². The SMILES string of the molecule is CCC(=O)C1(CCCN(C)C)c2ccccc2Sc2ccccc21. The number of benzene rings is 2. The van der Waals surface area contributed by atoms with E-state index in [9.17, 15) is 4.79 Å². The molecule has 0 fully saturated rings. The summed E-state index contributed by atoms with van der Waals surface area (Å²) in [6.45, 7) is 2.99. The molecule has 0 N–H and O–H groups in total. The first-order valence-corrected chi connectivity index (χ1v) is 9.46. The Morgan fingerprint density at radius 1 is 1.00 bits per heavy atom.